The number of pyridine rings is 1. The van der Waals surface area contributed by atoms with E-state index in [1.54, 1.807) is 13.0 Å². The zero-order valence-electron chi connectivity index (χ0n) is 5.95. The topological polar surface area (TPSA) is 45.5 Å². The smallest absolute Gasteiger partial charge is 0.213 e. The van der Waals surface area contributed by atoms with Crippen LogP contribution in [-0.2, 0) is 0 Å². The van der Waals surface area contributed by atoms with Crippen molar-refractivity contribution in [2.45, 2.75) is 6.92 Å². The first-order valence-corrected chi connectivity index (χ1v) is 3.05. The van der Waals surface area contributed by atoms with Gasteiger partial charge in [0.1, 0.15) is 5.71 Å². The molecular formula is C7H7FN2O. The molecule has 0 saturated carbocycles. The van der Waals surface area contributed by atoms with E-state index in [1.807, 2.05) is 0 Å². The maximum Gasteiger partial charge on any atom is 0.213 e. The highest BCUT2D eigenvalue weighted by atomic mass is 19.1. The highest BCUT2D eigenvalue weighted by Crippen LogP contribution is 1.98. The molecule has 11 heavy (non-hydrogen) atoms. The number of oxime groups is 1. The molecule has 0 radical (unpaired) electrons. The minimum absolute atomic E-state index is 0.296. The third-order valence-corrected chi connectivity index (χ3v) is 1.24. The lowest BCUT2D eigenvalue weighted by atomic mass is 10.3. The van der Waals surface area contributed by atoms with Crippen LogP contribution < -0.4 is 0 Å². The Labute approximate surface area is 63.2 Å². The first-order chi connectivity index (χ1) is 5.24. The van der Waals surface area contributed by atoms with Crippen molar-refractivity contribution in [3.63, 3.8) is 0 Å². The Bertz CT molecular complexity index is 286. The summed E-state index contributed by atoms with van der Waals surface area (Å²) in [6, 6.07) is 4.30. The number of aromatic nitrogens is 1. The van der Waals surface area contributed by atoms with Crippen molar-refractivity contribution in [1.29, 1.82) is 0 Å². The molecule has 0 spiro atoms. The average molecular weight is 154 g/mol. The molecule has 3 nitrogen and oxygen atoms in total. The molecule has 1 heterocycles. The lowest BCUT2D eigenvalue weighted by Gasteiger charge is -1.95. The molecule has 0 bridgehead atoms. The van der Waals surface area contributed by atoms with Crippen LogP contribution in [0.25, 0.3) is 0 Å². The summed E-state index contributed by atoms with van der Waals surface area (Å²) in [4.78, 5) is 3.49. The highest BCUT2D eigenvalue weighted by molar-refractivity contribution is 5.96. The van der Waals surface area contributed by atoms with Gasteiger partial charge in [0.05, 0.1) is 5.69 Å². The SMILES string of the molecule is CC(=NO)c1cccc(F)n1. The number of rotatable bonds is 1. The molecule has 0 saturated heterocycles. The zero-order chi connectivity index (χ0) is 8.27. The van der Waals surface area contributed by atoms with Crippen LogP contribution in [-0.4, -0.2) is 15.9 Å². The zero-order valence-corrected chi connectivity index (χ0v) is 5.95. The summed E-state index contributed by atoms with van der Waals surface area (Å²) in [7, 11) is 0. The Morgan fingerprint density at radius 1 is 1.64 bits per heavy atom. The summed E-state index contributed by atoms with van der Waals surface area (Å²) in [5, 5.41) is 11.2. The Morgan fingerprint density at radius 2 is 2.36 bits per heavy atom. The quantitative estimate of drug-likeness (QED) is 0.288. The van der Waals surface area contributed by atoms with Crippen LogP contribution in [0.4, 0.5) is 4.39 Å². The maximum absolute atomic E-state index is 12.4. The first kappa shape index (κ1) is 7.65. The molecule has 1 aromatic heterocycles. The van der Waals surface area contributed by atoms with Gasteiger partial charge in [0.15, 0.2) is 0 Å². The molecule has 58 valence electrons. The molecule has 0 fully saturated rings. The van der Waals surface area contributed by atoms with E-state index in [2.05, 4.69) is 10.1 Å². The van der Waals surface area contributed by atoms with E-state index in [4.69, 9.17) is 5.21 Å². The Hall–Kier alpha value is -1.45. The third kappa shape index (κ3) is 1.73. The van der Waals surface area contributed by atoms with Crippen LogP contribution in [0, 0.1) is 5.95 Å². The van der Waals surface area contributed by atoms with Crippen LogP contribution in [0.3, 0.4) is 0 Å². The van der Waals surface area contributed by atoms with Gasteiger partial charge in [-0.15, -0.1) is 0 Å². The van der Waals surface area contributed by atoms with Crippen molar-refractivity contribution in [2.24, 2.45) is 5.16 Å². The average Bonchev–Trinajstić information content (AvgIpc) is 2.03. The summed E-state index contributed by atoms with van der Waals surface area (Å²) >= 11 is 0. The summed E-state index contributed by atoms with van der Waals surface area (Å²) in [6.07, 6.45) is 0. The minimum Gasteiger partial charge on any atom is -0.411 e. The highest BCUT2D eigenvalue weighted by Gasteiger charge is 1.99. The van der Waals surface area contributed by atoms with Gasteiger partial charge < -0.3 is 5.21 Å². The van der Waals surface area contributed by atoms with Gasteiger partial charge in [0, 0.05) is 0 Å². The maximum atomic E-state index is 12.4. The van der Waals surface area contributed by atoms with Crippen molar-refractivity contribution in [1.82, 2.24) is 4.98 Å². The summed E-state index contributed by atoms with van der Waals surface area (Å²) in [5.74, 6) is -0.578. The molecule has 1 N–H and O–H groups in total. The summed E-state index contributed by atoms with van der Waals surface area (Å²) < 4.78 is 12.4. The standard InChI is InChI=1S/C7H7FN2O/c1-5(10-11)6-3-2-4-7(8)9-6/h2-4,11H,1H3. The number of nitrogens with zero attached hydrogens (tertiary/aromatic N) is 2. The second kappa shape index (κ2) is 3.09. The second-order valence-electron chi connectivity index (χ2n) is 2.03. The van der Waals surface area contributed by atoms with Crippen molar-refractivity contribution in [2.75, 3.05) is 0 Å². The van der Waals surface area contributed by atoms with Crippen molar-refractivity contribution in [3.8, 4) is 0 Å². The fourth-order valence-corrected chi connectivity index (χ4v) is 0.661. The van der Waals surface area contributed by atoms with Gasteiger partial charge in [-0.2, -0.15) is 4.39 Å². The van der Waals surface area contributed by atoms with E-state index >= 15 is 0 Å². The number of hydrogen-bond acceptors (Lipinski definition) is 3. The largest absolute Gasteiger partial charge is 0.411 e. The first-order valence-electron chi connectivity index (χ1n) is 3.05. The lowest BCUT2D eigenvalue weighted by Crippen LogP contribution is -1.99. The van der Waals surface area contributed by atoms with Crippen molar-refractivity contribution >= 4 is 5.71 Å². The molecule has 0 aliphatic heterocycles. The molecule has 1 rings (SSSR count). The van der Waals surface area contributed by atoms with Gasteiger partial charge in [0.25, 0.3) is 0 Å². The van der Waals surface area contributed by atoms with Gasteiger partial charge in [0.2, 0.25) is 5.95 Å². The second-order valence-corrected chi connectivity index (χ2v) is 2.03. The molecule has 1 aromatic rings. The van der Waals surface area contributed by atoms with Crippen LogP contribution in [0.15, 0.2) is 23.4 Å². The van der Waals surface area contributed by atoms with Crippen LogP contribution >= 0.6 is 0 Å². The lowest BCUT2D eigenvalue weighted by molar-refractivity contribution is 0.319. The van der Waals surface area contributed by atoms with E-state index in [1.165, 1.54) is 12.1 Å². The predicted molar refractivity (Wildman–Crippen MR) is 38.2 cm³/mol. The Kier molecular flexibility index (Phi) is 2.15. The molecule has 0 atom stereocenters. The van der Waals surface area contributed by atoms with E-state index in [0.29, 0.717) is 11.4 Å². The van der Waals surface area contributed by atoms with E-state index in [-0.39, 0.29) is 0 Å². The molecule has 0 aromatic carbocycles. The van der Waals surface area contributed by atoms with Gasteiger partial charge >= 0.3 is 0 Å². The summed E-state index contributed by atoms with van der Waals surface area (Å²) in [6.45, 7) is 1.54. The van der Waals surface area contributed by atoms with Crippen LogP contribution in [0.2, 0.25) is 0 Å². The van der Waals surface area contributed by atoms with E-state index in [0.717, 1.165) is 0 Å². The van der Waals surface area contributed by atoms with Gasteiger partial charge in [-0.25, -0.2) is 4.98 Å². The fourth-order valence-electron chi connectivity index (χ4n) is 0.661. The number of halogens is 1. The van der Waals surface area contributed by atoms with Crippen LogP contribution in [0.5, 0.6) is 0 Å². The third-order valence-electron chi connectivity index (χ3n) is 1.24. The Balaban J connectivity index is 3.06. The van der Waals surface area contributed by atoms with Crippen molar-refractivity contribution < 1.29 is 9.60 Å². The molecular weight excluding hydrogens is 147 g/mol. The van der Waals surface area contributed by atoms with Gasteiger partial charge in [-0.05, 0) is 19.1 Å². The molecule has 0 unspecified atom stereocenters. The molecule has 4 heteroatoms. The van der Waals surface area contributed by atoms with Gasteiger partial charge in [-0.1, -0.05) is 11.2 Å². The van der Waals surface area contributed by atoms with E-state index < -0.39 is 5.95 Å². The van der Waals surface area contributed by atoms with E-state index in [9.17, 15) is 4.39 Å². The monoisotopic (exact) mass is 154 g/mol. The van der Waals surface area contributed by atoms with Crippen molar-refractivity contribution in [3.05, 3.63) is 29.8 Å². The number of hydrogen-bond donors (Lipinski definition) is 1. The minimum atomic E-state index is -0.578. The normalized spacial score (nSPS) is 11.6. The Morgan fingerprint density at radius 3 is 2.91 bits per heavy atom. The molecule has 0 aliphatic rings. The predicted octanol–water partition coefficient (Wildman–Crippen LogP) is 1.42. The van der Waals surface area contributed by atoms with Gasteiger partial charge in [-0.3, -0.25) is 0 Å². The molecule has 0 aliphatic carbocycles. The van der Waals surface area contributed by atoms with Crippen LogP contribution in [0.1, 0.15) is 12.6 Å². The summed E-state index contributed by atoms with van der Waals surface area (Å²) in [5.41, 5.74) is 0.636. The molecule has 0 amide bonds. The fraction of sp³-hybridized carbons (Fsp3) is 0.143.